The summed E-state index contributed by atoms with van der Waals surface area (Å²) in [7, 11) is -0.756. The molecule has 1 amide bonds. The summed E-state index contributed by atoms with van der Waals surface area (Å²) < 4.78 is 22.7. The van der Waals surface area contributed by atoms with Crippen LogP contribution in [0.2, 0.25) is 0 Å². The molecule has 0 radical (unpaired) electrons. The average Bonchev–Trinajstić information content (AvgIpc) is 2.01. The van der Waals surface area contributed by atoms with Gasteiger partial charge in [0, 0.05) is 14.1 Å². The van der Waals surface area contributed by atoms with Gasteiger partial charge in [-0.2, -0.15) is 0 Å². The van der Waals surface area contributed by atoms with Gasteiger partial charge in [0.15, 0.2) is 9.84 Å². The van der Waals surface area contributed by atoms with Crippen molar-refractivity contribution in [2.75, 3.05) is 25.6 Å². The summed E-state index contributed by atoms with van der Waals surface area (Å²) in [5.41, 5.74) is 0. The summed E-state index contributed by atoms with van der Waals surface area (Å²) in [4.78, 5) is 22.7. The van der Waals surface area contributed by atoms with E-state index in [4.69, 9.17) is 5.11 Å². The van der Waals surface area contributed by atoms with Crippen molar-refractivity contribution in [2.45, 2.75) is 6.92 Å². The van der Waals surface area contributed by atoms with Crippen molar-refractivity contribution in [3.05, 3.63) is 0 Å². The third kappa shape index (κ3) is 5.36. The van der Waals surface area contributed by atoms with E-state index < -0.39 is 39.1 Å². The highest BCUT2D eigenvalue weighted by Crippen LogP contribution is 2.03. The zero-order valence-corrected chi connectivity index (χ0v) is 9.74. The van der Waals surface area contributed by atoms with Crippen LogP contribution in [0.25, 0.3) is 0 Å². The molecule has 0 aliphatic heterocycles. The number of carbonyl (C=O) groups is 2. The van der Waals surface area contributed by atoms with Gasteiger partial charge in [0.25, 0.3) is 0 Å². The highest BCUT2D eigenvalue weighted by atomic mass is 32.2. The Hall–Kier alpha value is -1.11. The number of nitrogens with zero attached hydrogens (tertiary/aromatic N) is 1. The quantitative estimate of drug-likeness (QED) is 0.676. The normalized spacial score (nSPS) is 13.3. The third-order valence-electron chi connectivity index (χ3n) is 1.77. The molecule has 15 heavy (non-hydrogen) atoms. The van der Waals surface area contributed by atoms with Gasteiger partial charge in [0.2, 0.25) is 5.91 Å². The van der Waals surface area contributed by atoms with Crippen molar-refractivity contribution in [3.8, 4) is 0 Å². The molecular formula is C8H15NO5S. The first-order valence-corrected chi connectivity index (χ1v) is 6.11. The fraction of sp³-hybridized carbons (Fsp3) is 0.750. The van der Waals surface area contributed by atoms with Crippen molar-refractivity contribution >= 4 is 21.7 Å². The number of carboxylic acids is 1. The number of hydrogen-bond acceptors (Lipinski definition) is 4. The van der Waals surface area contributed by atoms with Crippen LogP contribution in [-0.2, 0) is 19.4 Å². The van der Waals surface area contributed by atoms with Crippen LogP contribution in [0.1, 0.15) is 6.92 Å². The van der Waals surface area contributed by atoms with Gasteiger partial charge in [0.1, 0.15) is 5.75 Å². The Kier molecular flexibility index (Phi) is 4.73. The number of rotatable bonds is 5. The molecule has 0 saturated carbocycles. The molecule has 0 heterocycles. The van der Waals surface area contributed by atoms with Gasteiger partial charge >= 0.3 is 5.97 Å². The van der Waals surface area contributed by atoms with Crippen molar-refractivity contribution in [1.82, 2.24) is 4.90 Å². The van der Waals surface area contributed by atoms with Crippen LogP contribution in [-0.4, -0.2) is 55.9 Å². The Labute approximate surface area is 88.8 Å². The molecule has 0 aromatic carbocycles. The molecule has 0 fully saturated rings. The van der Waals surface area contributed by atoms with Crippen molar-refractivity contribution < 1.29 is 23.1 Å². The van der Waals surface area contributed by atoms with Gasteiger partial charge < -0.3 is 10.0 Å². The van der Waals surface area contributed by atoms with E-state index in [-0.39, 0.29) is 0 Å². The summed E-state index contributed by atoms with van der Waals surface area (Å²) in [6, 6.07) is 0. The van der Waals surface area contributed by atoms with E-state index in [0.29, 0.717) is 0 Å². The summed E-state index contributed by atoms with van der Waals surface area (Å²) in [6.07, 6.45) is 0. The molecule has 0 aromatic rings. The summed E-state index contributed by atoms with van der Waals surface area (Å²) >= 11 is 0. The molecule has 0 saturated heterocycles. The van der Waals surface area contributed by atoms with Gasteiger partial charge in [-0.15, -0.1) is 0 Å². The first-order chi connectivity index (χ1) is 6.65. The Morgan fingerprint density at radius 1 is 1.33 bits per heavy atom. The molecule has 0 aliphatic rings. The van der Waals surface area contributed by atoms with E-state index in [1.54, 1.807) is 0 Å². The molecule has 1 unspecified atom stereocenters. The molecule has 0 aliphatic carbocycles. The minimum Gasteiger partial charge on any atom is -0.481 e. The molecule has 0 aromatic heterocycles. The average molecular weight is 237 g/mol. The van der Waals surface area contributed by atoms with Crippen molar-refractivity contribution in [3.63, 3.8) is 0 Å². The molecule has 0 spiro atoms. The predicted octanol–water partition coefficient (Wildman–Crippen LogP) is -0.790. The molecule has 1 N–H and O–H groups in total. The van der Waals surface area contributed by atoms with E-state index in [2.05, 4.69) is 0 Å². The molecule has 7 heteroatoms. The van der Waals surface area contributed by atoms with Crippen molar-refractivity contribution in [1.29, 1.82) is 0 Å². The van der Waals surface area contributed by atoms with Crippen LogP contribution in [0.3, 0.4) is 0 Å². The maximum absolute atomic E-state index is 11.3. The highest BCUT2D eigenvalue weighted by Gasteiger charge is 2.24. The second-order valence-corrected chi connectivity index (χ2v) is 5.69. The van der Waals surface area contributed by atoms with E-state index in [0.717, 1.165) is 4.90 Å². The van der Waals surface area contributed by atoms with E-state index in [9.17, 15) is 18.0 Å². The van der Waals surface area contributed by atoms with E-state index >= 15 is 0 Å². The fourth-order valence-corrected chi connectivity index (χ4v) is 2.49. The second kappa shape index (κ2) is 5.11. The first-order valence-electron chi connectivity index (χ1n) is 4.29. The van der Waals surface area contributed by atoms with E-state index in [1.807, 2.05) is 0 Å². The topological polar surface area (TPSA) is 91.8 Å². The lowest BCUT2D eigenvalue weighted by Crippen LogP contribution is -2.32. The lowest BCUT2D eigenvalue weighted by atomic mass is 10.2. The number of sulfone groups is 1. The zero-order chi connectivity index (χ0) is 12.2. The van der Waals surface area contributed by atoms with Crippen LogP contribution < -0.4 is 0 Å². The maximum atomic E-state index is 11.3. The number of aliphatic carboxylic acids is 1. The SMILES string of the molecule is CC(CS(=O)(=O)CC(=O)N(C)C)C(=O)O. The van der Waals surface area contributed by atoms with Crippen molar-refractivity contribution in [2.24, 2.45) is 5.92 Å². The second-order valence-electron chi connectivity index (χ2n) is 3.58. The van der Waals surface area contributed by atoms with Crippen LogP contribution in [0.15, 0.2) is 0 Å². The Bertz CT molecular complexity index is 346. The van der Waals surface area contributed by atoms with Gasteiger partial charge in [-0.3, -0.25) is 9.59 Å². The smallest absolute Gasteiger partial charge is 0.307 e. The largest absolute Gasteiger partial charge is 0.481 e. The molecule has 1 atom stereocenters. The standard InChI is InChI=1S/C8H15NO5S/c1-6(8(11)12)4-15(13,14)5-7(10)9(2)3/h6H,4-5H2,1-3H3,(H,11,12). The molecule has 88 valence electrons. The minimum absolute atomic E-state index is 0.512. The van der Waals surface area contributed by atoms with Gasteiger partial charge in [-0.1, -0.05) is 6.92 Å². The first kappa shape index (κ1) is 13.9. The molecule has 0 rings (SSSR count). The predicted molar refractivity (Wildman–Crippen MR) is 54.1 cm³/mol. The third-order valence-corrected chi connectivity index (χ3v) is 3.46. The summed E-state index contributed by atoms with van der Waals surface area (Å²) in [5.74, 6) is -3.88. The van der Waals surface area contributed by atoms with Gasteiger partial charge in [0.05, 0.1) is 11.7 Å². The maximum Gasteiger partial charge on any atom is 0.307 e. The Balaban J connectivity index is 4.45. The van der Waals surface area contributed by atoms with Crippen LogP contribution in [0, 0.1) is 5.92 Å². The van der Waals surface area contributed by atoms with E-state index in [1.165, 1.54) is 21.0 Å². The molecule has 0 bridgehead atoms. The van der Waals surface area contributed by atoms with Gasteiger partial charge in [-0.25, -0.2) is 8.42 Å². The number of hydrogen-bond donors (Lipinski definition) is 1. The highest BCUT2D eigenvalue weighted by molar-refractivity contribution is 7.92. The van der Waals surface area contributed by atoms with Crippen LogP contribution in [0.5, 0.6) is 0 Å². The monoisotopic (exact) mass is 237 g/mol. The molecule has 6 nitrogen and oxygen atoms in total. The van der Waals surface area contributed by atoms with Crippen LogP contribution >= 0.6 is 0 Å². The number of carbonyl (C=O) groups excluding carboxylic acids is 1. The lowest BCUT2D eigenvalue weighted by molar-refractivity contribution is -0.140. The summed E-state index contributed by atoms with van der Waals surface area (Å²) in [5, 5.41) is 8.53. The zero-order valence-electron chi connectivity index (χ0n) is 8.93. The minimum atomic E-state index is -3.64. The van der Waals surface area contributed by atoms with Crippen LogP contribution in [0.4, 0.5) is 0 Å². The number of amides is 1. The lowest BCUT2D eigenvalue weighted by Gasteiger charge is -2.11. The Morgan fingerprint density at radius 2 is 1.80 bits per heavy atom. The number of carboxylic acid groups (broad SMARTS) is 1. The fourth-order valence-electron chi connectivity index (χ4n) is 0.828. The summed E-state index contributed by atoms with van der Waals surface area (Å²) in [6.45, 7) is 1.29. The Morgan fingerprint density at radius 3 is 2.13 bits per heavy atom. The molecular weight excluding hydrogens is 222 g/mol. The van der Waals surface area contributed by atoms with Gasteiger partial charge in [-0.05, 0) is 0 Å².